The molecule has 0 radical (unpaired) electrons. The fourth-order valence-corrected chi connectivity index (χ4v) is 3.90. The number of para-hydroxylation sites is 1. The van der Waals surface area contributed by atoms with Crippen LogP contribution >= 0.6 is 0 Å². The van der Waals surface area contributed by atoms with E-state index in [4.69, 9.17) is 4.52 Å². The summed E-state index contributed by atoms with van der Waals surface area (Å²) in [6.45, 7) is 2.86. The van der Waals surface area contributed by atoms with E-state index >= 15 is 0 Å². The highest BCUT2D eigenvalue weighted by atomic mass is 16.5. The predicted molar refractivity (Wildman–Crippen MR) is 113 cm³/mol. The summed E-state index contributed by atoms with van der Waals surface area (Å²) in [5.74, 6) is 0. The lowest BCUT2D eigenvalue weighted by Gasteiger charge is -2.05. The Morgan fingerprint density at radius 1 is 1.07 bits per heavy atom. The van der Waals surface area contributed by atoms with Crippen molar-refractivity contribution in [2.24, 2.45) is 0 Å². The van der Waals surface area contributed by atoms with Crippen molar-refractivity contribution in [1.82, 2.24) is 29.5 Å². The summed E-state index contributed by atoms with van der Waals surface area (Å²) in [6.07, 6.45) is 3.47. The quantitative estimate of drug-likeness (QED) is 0.490. The zero-order valence-electron chi connectivity index (χ0n) is 16.0. The van der Waals surface area contributed by atoms with Gasteiger partial charge in [-0.15, -0.1) is 0 Å². The lowest BCUT2D eigenvalue weighted by molar-refractivity contribution is 0.459. The third kappa shape index (κ3) is 2.33. The number of fused-ring (bicyclic) bond motifs is 3. The molecule has 6 rings (SSSR count). The van der Waals surface area contributed by atoms with Crippen LogP contribution in [0.25, 0.3) is 50.0 Å². The number of H-pyrrole nitrogens is 1. The summed E-state index contributed by atoms with van der Waals surface area (Å²) in [4.78, 5) is 16.1. The predicted octanol–water partition coefficient (Wildman–Crippen LogP) is 3.87. The van der Waals surface area contributed by atoms with Gasteiger partial charge < -0.3 is 9.51 Å². The highest BCUT2D eigenvalue weighted by Gasteiger charge is 2.17. The van der Waals surface area contributed by atoms with Gasteiger partial charge in [0.05, 0.1) is 29.2 Å². The number of hydrogen-bond donors (Lipinski definition) is 1. The monoisotopic (exact) mass is 396 g/mol. The second kappa shape index (κ2) is 6.15. The van der Waals surface area contributed by atoms with E-state index in [1.165, 1.54) is 4.52 Å². The van der Waals surface area contributed by atoms with Crippen molar-refractivity contribution in [3.63, 3.8) is 0 Å². The highest BCUT2D eigenvalue weighted by molar-refractivity contribution is 5.95. The van der Waals surface area contributed by atoms with Crippen LogP contribution in [-0.2, 0) is 6.54 Å². The Bertz CT molecular complexity index is 1620. The van der Waals surface area contributed by atoms with E-state index in [-0.39, 0.29) is 5.56 Å². The van der Waals surface area contributed by atoms with Gasteiger partial charge in [-0.3, -0.25) is 9.48 Å². The smallest absolute Gasteiger partial charge is 0.274 e. The molecule has 2 aromatic carbocycles. The first kappa shape index (κ1) is 16.7. The van der Waals surface area contributed by atoms with E-state index in [1.807, 2.05) is 53.3 Å². The molecular weight excluding hydrogens is 380 g/mol. The molecule has 8 heteroatoms. The van der Waals surface area contributed by atoms with Crippen molar-refractivity contribution in [3.8, 4) is 22.5 Å². The molecule has 0 aliphatic rings. The van der Waals surface area contributed by atoms with Gasteiger partial charge in [0.15, 0.2) is 5.58 Å². The molecule has 0 fully saturated rings. The minimum Gasteiger partial charge on any atom is -0.356 e. The zero-order chi connectivity index (χ0) is 20.2. The number of aromatic amines is 1. The van der Waals surface area contributed by atoms with Crippen LogP contribution in [0.3, 0.4) is 0 Å². The van der Waals surface area contributed by atoms with Crippen molar-refractivity contribution in [2.45, 2.75) is 13.5 Å². The van der Waals surface area contributed by atoms with E-state index in [1.54, 1.807) is 12.3 Å². The molecule has 6 aromatic rings. The van der Waals surface area contributed by atoms with Gasteiger partial charge in [0, 0.05) is 23.4 Å². The molecule has 4 heterocycles. The molecule has 0 atom stereocenters. The van der Waals surface area contributed by atoms with E-state index in [9.17, 15) is 4.79 Å². The fraction of sp³-hybridized carbons (Fsp3) is 0.0909. The molecule has 0 saturated carbocycles. The average molecular weight is 396 g/mol. The average Bonchev–Trinajstić information content (AvgIpc) is 3.49. The summed E-state index contributed by atoms with van der Waals surface area (Å²) in [6, 6.07) is 15.2. The SMILES string of the molecule is CCn1ncc2cc(-c3cc(=O)n4ncc(-c5noc6ccccc56)c4[nH]3)ccc21. The zero-order valence-corrected chi connectivity index (χ0v) is 16.0. The van der Waals surface area contributed by atoms with Crippen LogP contribution in [-0.4, -0.2) is 29.5 Å². The molecule has 0 aliphatic heterocycles. The van der Waals surface area contributed by atoms with Gasteiger partial charge in [-0.2, -0.15) is 14.7 Å². The van der Waals surface area contributed by atoms with Gasteiger partial charge in [0.1, 0.15) is 11.3 Å². The normalized spacial score (nSPS) is 11.8. The van der Waals surface area contributed by atoms with Gasteiger partial charge in [-0.1, -0.05) is 23.4 Å². The first-order chi connectivity index (χ1) is 14.7. The number of aromatic nitrogens is 6. The number of hydrogen-bond acceptors (Lipinski definition) is 5. The minimum atomic E-state index is -0.220. The van der Waals surface area contributed by atoms with E-state index in [0.717, 1.165) is 28.4 Å². The molecular formula is C22H16N6O2. The third-order valence-electron chi connectivity index (χ3n) is 5.38. The summed E-state index contributed by atoms with van der Waals surface area (Å²) < 4.78 is 8.72. The second-order valence-corrected chi connectivity index (χ2v) is 7.10. The van der Waals surface area contributed by atoms with Gasteiger partial charge in [-0.05, 0) is 36.8 Å². The Balaban J connectivity index is 1.57. The van der Waals surface area contributed by atoms with Gasteiger partial charge >= 0.3 is 0 Å². The number of aryl methyl sites for hydroxylation is 1. The van der Waals surface area contributed by atoms with Crippen LogP contribution in [0.4, 0.5) is 0 Å². The van der Waals surface area contributed by atoms with Crippen molar-refractivity contribution >= 4 is 27.5 Å². The Labute approximate surface area is 169 Å². The number of nitrogens with one attached hydrogen (secondary N) is 1. The Kier molecular flexibility index (Phi) is 3.43. The first-order valence-corrected chi connectivity index (χ1v) is 9.65. The molecule has 30 heavy (non-hydrogen) atoms. The lowest BCUT2D eigenvalue weighted by atomic mass is 10.1. The van der Waals surface area contributed by atoms with Crippen LogP contribution in [0.1, 0.15) is 6.92 Å². The maximum Gasteiger partial charge on any atom is 0.274 e. The summed E-state index contributed by atoms with van der Waals surface area (Å²) in [5.41, 5.74) is 5.05. The number of benzene rings is 2. The molecule has 0 bridgehead atoms. The van der Waals surface area contributed by atoms with Crippen molar-refractivity contribution in [3.05, 3.63) is 71.3 Å². The first-order valence-electron chi connectivity index (χ1n) is 9.65. The molecule has 0 unspecified atom stereocenters. The number of rotatable bonds is 3. The molecule has 0 aliphatic carbocycles. The third-order valence-corrected chi connectivity index (χ3v) is 5.38. The molecule has 0 spiro atoms. The van der Waals surface area contributed by atoms with Crippen molar-refractivity contribution < 1.29 is 4.52 Å². The second-order valence-electron chi connectivity index (χ2n) is 7.10. The van der Waals surface area contributed by atoms with Gasteiger partial charge in [0.25, 0.3) is 5.56 Å². The maximum atomic E-state index is 12.8. The number of nitrogens with zero attached hydrogens (tertiary/aromatic N) is 5. The molecule has 4 aromatic heterocycles. The lowest BCUT2D eigenvalue weighted by Crippen LogP contribution is -2.14. The maximum absolute atomic E-state index is 12.8. The topological polar surface area (TPSA) is 94.0 Å². The van der Waals surface area contributed by atoms with Crippen LogP contribution in [0.2, 0.25) is 0 Å². The van der Waals surface area contributed by atoms with Gasteiger partial charge in [0.2, 0.25) is 0 Å². The van der Waals surface area contributed by atoms with Gasteiger partial charge in [-0.25, -0.2) is 0 Å². The van der Waals surface area contributed by atoms with Crippen LogP contribution < -0.4 is 5.56 Å². The van der Waals surface area contributed by atoms with Crippen LogP contribution in [0, 0.1) is 0 Å². The molecule has 146 valence electrons. The van der Waals surface area contributed by atoms with E-state index in [0.29, 0.717) is 28.2 Å². The van der Waals surface area contributed by atoms with E-state index in [2.05, 4.69) is 27.3 Å². The minimum absolute atomic E-state index is 0.220. The summed E-state index contributed by atoms with van der Waals surface area (Å²) >= 11 is 0. The standard InChI is InChI=1S/C22H16N6O2/c1-2-27-18-8-7-13(9-14(18)11-23-27)17-10-20(29)28-22(25-17)16(12-24-28)21-15-5-3-4-6-19(15)30-26-21/h3-12,25H,2H2,1H3. The summed E-state index contributed by atoms with van der Waals surface area (Å²) in [5, 5.41) is 14.8. The Morgan fingerprint density at radius 3 is 2.87 bits per heavy atom. The largest absolute Gasteiger partial charge is 0.356 e. The highest BCUT2D eigenvalue weighted by Crippen LogP contribution is 2.30. The van der Waals surface area contributed by atoms with E-state index < -0.39 is 0 Å². The molecule has 8 nitrogen and oxygen atoms in total. The van der Waals surface area contributed by atoms with Crippen LogP contribution in [0.5, 0.6) is 0 Å². The Morgan fingerprint density at radius 2 is 1.97 bits per heavy atom. The Hall–Kier alpha value is -4.20. The molecule has 1 N–H and O–H groups in total. The fourth-order valence-electron chi connectivity index (χ4n) is 3.90. The van der Waals surface area contributed by atoms with Crippen molar-refractivity contribution in [1.29, 1.82) is 0 Å². The van der Waals surface area contributed by atoms with Crippen LogP contribution in [0.15, 0.2) is 70.2 Å². The molecule has 0 saturated heterocycles. The van der Waals surface area contributed by atoms with Crippen molar-refractivity contribution in [2.75, 3.05) is 0 Å². The summed E-state index contributed by atoms with van der Waals surface area (Å²) in [7, 11) is 0. The molecule has 0 amide bonds.